The molecule has 1 aliphatic rings. The van der Waals surface area contributed by atoms with Crippen molar-refractivity contribution in [2.45, 2.75) is 6.92 Å². The number of carbonyl (C=O) groups is 3. The van der Waals surface area contributed by atoms with Gasteiger partial charge in [-0.05, 0) is 61.0 Å². The lowest BCUT2D eigenvalue weighted by atomic mass is 10.1. The smallest absolute Gasteiger partial charge is 0.283 e. The van der Waals surface area contributed by atoms with E-state index in [2.05, 4.69) is 10.6 Å². The fourth-order valence-corrected chi connectivity index (χ4v) is 4.13. The Hall–Kier alpha value is -3.10. The van der Waals surface area contributed by atoms with E-state index < -0.39 is 23.5 Å². The molecule has 0 saturated heterocycles. The number of hydrogen-bond acceptors (Lipinski definition) is 4. The van der Waals surface area contributed by atoms with E-state index in [0.717, 1.165) is 17.0 Å². The number of rotatable bonds is 5. The van der Waals surface area contributed by atoms with Crippen molar-refractivity contribution in [1.29, 1.82) is 0 Å². The molecule has 0 radical (unpaired) electrons. The predicted octanol–water partition coefficient (Wildman–Crippen LogP) is 6.78. The van der Waals surface area contributed by atoms with Gasteiger partial charge in [0.05, 0.1) is 21.4 Å². The number of nitrogens with zero attached hydrogens (tertiary/aromatic N) is 1. The fourth-order valence-electron chi connectivity index (χ4n) is 3.29. The highest BCUT2D eigenvalue weighted by atomic mass is 35.5. The number of benzene rings is 3. The molecule has 2 N–H and O–H groups in total. The van der Waals surface area contributed by atoms with Crippen LogP contribution in [0, 0.1) is 12.7 Å². The molecular formula is C24H14Cl4FN3O3. The Morgan fingerprint density at radius 3 is 2.29 bits per heavy atom. The Bertz CT molecular complexity index is 1440. The molecule has 1 heterocycles. The number of aryl methyl sites for hydroxylation is 1. The molecule has 3 aromatic rings. The molecule has 0 aromatic heterocycles. The van der Waals surface area contributed by atoms with Gasteiger partial charge in [0.2, 0.25) is 0 Å². The molecule has 35 heavy (non-hydrogen) atoms. The summed E-state index contributed by atoms with van der Waals surface area (Å²) in [7, 11) is 0. The Kier molecular flexibility index (Phi) is 7.05. The van der Waals surface area contributed by atoms with Crippen molar-refractivity contribution in [3.63, 3.8) is 0 Å². The summed E-state index contributed by atoms with van der Waals surface area (Å²) in [4.78, 5) is 39.3. The van der Waals surface area contributed by atoms with Crippen molar-refractivity contribution in [1.82, 2.24) is 0 Å². The van der Waals surface area contributed by atoms with Gasteiger partial charge in [-0.2, -0.15) is 0 Å². The number of carbonyl (C=O) groups excluding carboxylic acids is 3. The second-order valence-electron chi connectivity index (χ2n) is 7.47. The summed E-state index contributed by atoms with van der Waals surface area (Å²) < 4.78 is 13.5. The van der Waals surface area contributed by atoms with Gasteiger partial charge in [0.25, 0.3) is 17.7 Å². The van der Waals surface area contributed by atoms with Crippen LogP contribution in [-0.2, 0) is 9.59 Å². The zero-order chi connectivity index (χ0) is 25.4. The van der Waals surface area contributed by atoms with E-state index in [1.807, 2.05) is 0 Å². The molecule has 11 heteroatoms. The van der Waals surface area contributed by atoms with Crippen LogP contribution in [0.3, 0.4) is 0 Å². The SMILES string of the molecule is Cc1ccc(C(=O)Nc2ccc(Cl)cc2Cl)cc1NC1=C(Cl)C(=O)N(c2ccc(F)c(Cl)c2)C1=O. The lowest BCUT2D eigenvalue weighted by Gasteiger charge is -2.16. The summed E-state index contributed by atoms with van der Waals surface area (Å²) in [6, 6.07) is 12.8. The van der Waals surface area contributed by atoms with E-state index in [1.165, 1.54) is 18.2 Å². The van der Waals surface area contributed by atoms with Crippen molar-refractivity contribution in [3.05, 3.63) is 97.3 Å². The van der Waals surface area contributed by atoms with Crippen LogP contribution in [0.25, 0.3) is 0 Å². The van der Waals surface area contributed by atoms with Crippen LogP contribution in [0.15, 0.2) is 65.3 Å². The zero-order valence-corrected chi connectivity index (χ0v) is 20.8. The molecule has 0 spiro atoms. The first kappa shape index (κ1) is 25.0. The van der Waals surface area contributed by atoms with Gasteiger partial charge in [-0.15, -0.1) is 0 Å². The van der Waals surface area contributed by atoms with Gasteiger partial charge >= 0.3 is 0 Å². The highest BCUT2D eigenvalue weighted by Crippen LogP contribution is 2.33. The maximum Gasteiger partial charge on any atom is 0.283 e. The predicted molar refractivity (Wildman–Crippen MR) is 136 cm³/mol. The van der Waals surface area contributed by atoms with Crippen molar-refractivity contribution < 1.29 is 18.8 Å². The normalized spacial score (nSPS) is 13.5. The third-order valence-electron chi connectivity index (χ3n) is 5.13. The first-order chi connectivity index (χ1) is 16.6. The van der Waals surface area contributed by atoms with Gasteiger partial charge in [0, 0.05) is 16.3 Å². The molecule has 6 nitrogen and oxygen atoms in total. The molecule has 4 rings (SSSR count). The number of anilines is 3. The average molecular weight is 553 g/mol. The molecule has 1 aliphatic heterocycles. The number of nitrogens with one attached hydrogen (secondary N) is 2. The van der Waals surface area contributed by atoms with Crippen LogP contribution in [0.4, 0.5) is 21.5 Å². The van der Waals surface area contributed by atoms with E-state index in [1.54, 1.807) is 31.2 Å². The second-order valence-corrected chi connectivity index (χ2v) is 9.09. The minimum Gasteiger partial charge on any atom is -0.349 e. The molecule has 0 atom stereocenters. The minimum absolute atomic E-state index is 0.0612. The van der Waals surface area contributed by atoms with Crippen LogP contribution < -0.4 is 15.5 Å². The molecule has 0 saturated carbocycles. The Balaban J connectivity index is 1.59. The van der Waals surface area contributed by atoms with Gasteiger partial charge in [-0.1, -0.05) is 52.5 Å². The van der Waals surface area contributed by atoms with Gasteiger partial charge < -0.3 is 10.6 Å². The molecule has 0 bridgehead atoms. The molecule has 0 unspecified atom stereocenters. The highest BCUT2D eigenvalue weighted by molar-refractivity contribution is 6.53. The van der Waals surface area contributed by atoms with Crippen LogP contribution in [0.2, 0.25) is 15.1 Å². The van der Waals surface area contributed by atoms with Gasteiger partial charge in [0.15, 0.2) is 0 Å². The van der Waals surface area contributed by atoms with Gasteiger partial charge in [-0.25, -0.2) is 9.29 Å². The average Bonchev–Trinajstić information content (AvgIpc) is 3.02. The summed E-state index contributed by atoms with van der Waals surface area (Å²) in [6.07, 6.45) is 0. The summed E-state index contributed by atoms with van der Waals surface area (Å²) in [5.74, 6) is -2.72. The largest absolute Gasteiger partial charge is 0.349 e. The molecule has 0 aliphatic carbocycles. The minimum atomic E-state index is -0.800. The maximum absolute atomic E-state index is 13.5. The summed E-state index contributed by atoms with van der Waals surface area (Å²) in [5.41, 5.74) is 1.52. The van der Waals surface area contributed by atoms with Crippen molar-refractivity contribution >= 4 is 81.2 Å². The van der Waals surface area contributed by atoms with Gasteiger partial charge in [0.1, 0.15) is 16.5 Å². The highest BCUT2D eigenvalue weighted by Gasteiger charge is 2.39. The van der Waals surface area contributed by atoms with Crippen LogP contribution >= 0.6 is 46.4 Å². The molecule has 3 aromatic carbocycles. The van der Waals surface area contributed by atoms with Crippen LogP contribution in [0.5, 0.6) is 0 Å². The quantitative estimate of drug-likeness (QED) is 0.342. The number of imide groups is 1. The third kappa shape index (κ3) is 4.99. The Labute approximate surface area is 219 Å². The Morgan fingerprint density at radius 2 is 1.60 bits per heavy atom. The van der Waals surface area contributed by atoms with Gasteiger partial charge in [-0.3, -0.25) is 14.4 Å². The van der Waals surface area contributed by atoms with Crippen molar-refractivity contribution in [3.8, 4) is 0 Å². The van der Waals surface area contributed by atoms with Crippen LogP contribution in [-0.4, -0.2) is 17.7 Å². The molecule has 0 fully saturated rings. The summed E-state index contributed by atoms with van der Waals surface area (Å²) >= 11 is 24.0. The van der Waals surface area contributed by atoms with Crippen LogP contribution in [0.1, 0.15) is 15.9 Å². The maximum atomic E-state index is 13.5. The molecular weight excluding hydrogens is 539 g/mol. The zero-order valence-electron chi connectivity index (χ0n) is 17.8. The van der Waals surface area contributed by atoms with E-state index in [-0.39, 0.29) is 32.0 Å². The van der Waals surface area contributed by atoms with E-state index >= 15 is 0 Å². The van der Waals surface area contributed by atoms with Crippen molar-refractivity contribution in [2.75, 3.05) is 15.5 Å². The second kappa shape index (κ2) is 9.87. The standard InChI is InChI=1S/C24H14Cl4FN3O3/c1-11-2-3-12(22(33)31-18-7-4-13(25)9-16(18)27)8-19(11)30-21-20(28)23(34)32(24(21)35)14-5-6-17(29)15(26)10-14/h2-10,30H,1H3,(H,31,33). The Morgan fingerprint density at radius 1 is 0.857 bits per heavy atom. The monoisotopic (exact) mass is 551 g/mol. The number of halogens is 5. The van der Waals surface area contributed by atoms with Crippen molar-refractivity contribution in [2.24, 2.45) is 0 Å². The molecule has 178 valence electrons. The topological polar surface area (TPSA) is 78.5 Å². The third-order valence-corrected chi connectivity index (χ3v) is 6.32. The van der Waals surface area contributed by atoms with E-state index in [0.29, 0.717) is 22.0 Å². The summed E-state index contributed by atoms with van der Waals surface area (Å²) in [6.45, 7) is 1.74. The number of hydrogen-bond donors (Lipinski definition) is 2. The first-order valence-corrected chi connectivity index (χ1v) is 11.5. The molecule has 3 amide bonds. The van der Waals surface area contributed by atoms with E-state index in [9.17, 15) is 18.8 Å². The summed E-state index contributed by atoms with van der Waals surface area (Å²) in [5, 5.41) is 5.61. The van der Waals surface area contributed by atoms with E-state index in [4.69, 9.17) is 46.4 Å². The first-order valence-electron chi connectivity index (χ1n) is 9.94. The fraction of sp³-hybridized carbons (Fsp3) is 0.0417. The lowest BCUT2D eigenvalue weighted by molar-refractivity contribution is -0.120. The lowest BCUT2D eigenvalue weighted by Crippen LogP contribution is -2.32. The number of amides is 3.